The Bertz CT molecular complexity index is 295. The molecule has 0 amide bonds. The Morgan fingerprint density at radius 3 is 2.86 bits per heavy atom. The third-order valence-corrected chi connectivity index (χ3v) is 2.74. The van der Waals surface area contributed by atoms with Gasteiger partial charge in [-0.25, -0.2) is 0 Å². The van der Waals surface area contributed by atoms with Gasteiger partial charge in [0.2, 0.25) is 5.89 Å². The molecule has 1 aromatic heterocycles. The van der Waals surface area contributed by atoms with E-state index in [0.29, 0.717) is 30.9 Å². The monoisotopic (exact) mass is 196 g/mol. The van der Waals surface area contributed by atoms with E-state index >= 15 is 0 Å². The minimum atomic E-state index is 0.550. The minimum Gasteiger partial charge on any atom is -0.408 e. The molecule has 0 spiro atoms. The van der Waals surface area contributed by atoms with Crippen molar-refractivity contribution in [2.45, 2.75) is 31.7 Å². The second kappa shape index (κ2) is 3.96. The first-order valence-corrected chi connectivity index (χ1v) is 5.06. The second-order valence-electron chi connectivity index (χ2n) is 3.71. The Balaban J connectivity index is 2.00. The van der Waals surface area contributed by atoms with Crippen molar-refractivity contribution >= 4 is 6.01 Å². The molecule has 1 aliphatic carbocycles. The van der Waals surface area contributed by atoms with Crippen LogP contribution in [0.4, 0.5) is 6.01 Å². The van der Waals surface area contributed by atoms with Crippen LogP contribution in [0.15, 0.2) is 4.42 Å². The number of hydrogen-bond donors (Lipinski definition) is 1. The van der Waals surface area contributed by atoms with Crippen molar-refractivity contribution in [1.29, 1.82) is 0 Å². The molecular weight excluding hydrogens is 180 g/mol. The summed E-state index contributed by atoms with van der Waals surface area (Å²) in [4.78, 5) is 2.07. The van der Waals surface area contributed by atoms with Crippen LogP contribution < -0.4 is 10.6 Å². The van der Waals surface area contributed by atoms with Crippen LogP contribution >= 0.6 is 0 Å². The largest absolute Gasteiger partial charge is 0.408 e. The number of nitrogens with two attached hydrogens (primary N) is 1. The molecule has 0 aromatic carbocycles. The lowest BCUT2D eigenvalue weighted by Crippen LogP contribution is -2.37. The minimum absolute atomic E-state index is 0.550. The first-order valence-electron chi connectivity index (χ1n) is 5.06. The summed E-state index contributed by atoms with van der Waals surface area (Å²) in [6, 6.07) is 1.21. The first-order chi connectivity index (χ1) is 6.81. The molecule has 0 aliphatic heterocycles. The lowest BCUT2D eigenvalue weighted by Gasteiger charge is -2.33. The van der Waals surface area contributed by atoms with E-state index in [0.717, 1.165) is 0 Å². The molecule has 14 heavy (non-hydrogen) atoms. The van der Waals surface area contributed by atoms with Gasteiger partial charge in [-0.1, -0.05) is 5.10 Å². The van der Waals surface area contributed by atoms with Crippen LogP contribution in [0, 0.1) is 0 Å². The maximum atomic E-state index is 5.47. The molecule has 2 rings (SSSR count). The molecule has 0 saturated heterocycles. The molecule has 1 aromatic rings. The molecular formula is C9H16N4O. The lowest BCUT2D eigenvalue weighted by molar-refractivity contribution is 0.374. The summed E-state index contributed by atoms with van der Waals surface area (Å²) in [6.07, 6.45) is 4.42. The molecule has 0 atom stereocenters. The standard InChI is InChI=1S/C9H16N4O/c1-13(7-3-2-4-7)9-12-11-8(14-9)5-6-10/h7H,2-6,10H2,1H3. The van der Waals surface area contributed by atoms with Gasteiger partial charge in [-0.05, 0) is 19.3 Å². The van der Waals surface area contributed by atoms with E-state index in [1.165, 1.54) is 19.3 Å². The van der Waals surface area contributed by atoms with Crippen molar-refractivity contribution < 1.29 is 4.42 Å². The van der Waals surface area contributed by atoms with Gasteiger partial charge < -0.3 is 15.1 Å². The Labute approximate surface area is 83.3 Å². The van der Waals surface area contributed by atoms with Crippen molar-refractivity contribution in [1.82, 2.24) is 10.2 Å². The van der Waals surface area contributed by atoms with Gasteiger partial charge >= 0.3 is 6.01 Å². The van der Waals surface area contributed by atoms with Gasteiger partial charge in [-0.15, -0.1) is 5.10 Å². The Hall–Kier alpha value is -1.10. The van der Waals surface area contributed by atoms with E-state index in [1.54, 1.807) is 0 Å². The van der Waals surface area contributed by atoms with E-state index in [2.05, 4.69) is 15.1 Å². The maximum Gasteiger partial charge on any atom is 0.318 e. The summed E-state index contributed by atoms with van der Waals surface area (Å²) < 4.78 is 5.47. The van der Waals surface area contributed by atoms with Crippen LogP contribution in [0.5, 0.6) is 0 Å². The van der Waals surface area contributed by atoms with Gasteiger partial charge in [0.25, 0.3) is 0 Å². The molecule has 1 saturated carbocycles. The fraction of sp³-hybridized carbons (Fsp3) is 0.778. The highest BCUT2D eigenvalue weighted by atomic mass is 16.4. The maximum absolute atomic E-state index is 5.47. The summed E-state index contributed by atoms with van der Waals surface area (Å²) in [5.41, 5.74) is 5.40. The van der Waals surface area contributed by atoms with E-state index in [9.17, 15) is 0 Å². The number of hydrogen-bond acceptors (Lipinski definition) is 5. The van der Waals surface area contributed by atoms with Crippen molar-refractivity contribution in [3.8, 4) is 0 Å². The zero-order valence-corrected chi connectivity index (χ0v) is 8.44. The number of aromatic nitrogens is 2. The normalized spacial score (nSPS) is 16.7. The van der Waals surface area contributed by atoms with E-state index in [4.69, 9.17) is 10.2 Å². The van der Waals surface area contributed by atoms with Crippen LogP contribution in [0.2, 0.25) is 0 Å². The van der Waals surface area contributed by atoms with Crippen molar-refractivity contribution in [3.05, 3.63) is 5.89 Å². The molecule has 1 heterocycles. The molecule has 2 N–H and O–H groups in total. The highest BCUT2D eigenvalue weighted by Gasteiger charge is 2.25. The summed E-state index contributed by atoms with van der Waals surface area (Å²) in [5.74, 6) is 0.633. The average molecular weight is 196 g/mol. The SMILES string of the molecule is CN(c1nnc(CCN)o1)C1CCC1. The quantitative estimate of drug-likeness (QED) is 0.762. The van der Waals surface area contributed by atoms with Crippen LogP contribution in [0.1, 0.15) is 25.2 Å². The zero-order valence-electron chi connectivity index (χ0n) is 8.44. The van der Waals surface area contributed by atoms with Gasteiger partial charge in [0, 0.05) is 26.1 Å². The molecule has 78 valence electrons. The molecule has 5 heteroatoms. The third-order valence-electron chi connectivity index (χ3n) is 2.74. The Kier molecular flexibility index (Phi) is 2.67. The Morgan fingerprint density at radius 2 is 2.29 bits per heavy atom. The van der Waals surface area contributed by atoms with Gasteiger partial charge in [-0.3, -0.25) is 0 Å². The van der Waals surface area contributed by atoms with E-state index in [-0.39, 0.29) is 0 Å². The van der Waals surface area contributed by atoms with Crippen LogP contribution in [-0.2, 0) is 6.42 Å². The summed E-state index contributed by atoms with van der Waals surface area (Å²) in [7, 11) is 2.00. The molecule has 1 aliphatic rings. The van der Waals surface area contributed by atoms with Crippen LogP contribution in [-0.4, -0.2) is 29.8 Å². The second-order valence-corrected chi connectivity index (χ2v) is 3.71. The van der Waals surface area contributed by atoms with E-state index in [1.807, 2.05) is 7.05 Å². The van der Waals surface area contributed by atoms with Crippen LogP contribution in [0.3, 0.4) is 0 Å². The highest BCUT2D eigenvalue weighted by molar-refractivity contribution is 5.25. The Morgan fingerprint density at radius 1 is 1.50 bits per heavy atom. The fourth-order valence-electron chi connectivity index (χ4n) is 1.54. The third kappa shape index (κ3) is 1.72. The highest BCUT2D eigenvalue weighted by Crippen LogP contribution is 2.27. The summed E-state index contributed by atoms with van der Waals surface area (Å²) >= 11 is 0. The zero-order chi connectivity index (χ0) is 9.97. The fourth-order valence-corrected chi connectivity index (χ4v) is 1.54. The van der Waals surface area contributed by atoms with Gasteiger partial charge in [0.1, 0.15) is 0 Å². The predicted molar refractivity (Wildman–Crippen MR) is 53.1 cm³/mol. The lowest BCUT2D eigenvalue weighted by atomic mass is 9.92. The topological polar surface area (TPSA) is 68.2 Å². The smallest absolute Gasteiger partial charge is 0.318 e. The molecule has 5 nitrogen and oxygen atoms in total. The summed E-state index contributed by atoms with van der Waals surface area (Å²) in [6.45, 7) is 0.550. The number of nitrogens with zero attached hydrogens (tertiary/aromatic N) is 3. The van der Waals surface area contributed by atoms with Crippen LogP contribution in [0.25, 0.3) is 0 Å². The summed E-state index contributed by atoms with van der Waals surface area (Å²) in [5, 5.41) is 7.92. The average Bonchev–Trinajstić information content (AvgIpc) is 2.50. The van der Waals surface area contributed by atoms with E-state index < -0.39 is 0 Å². The van der Waals surface area contributed by atoms with Gasteiger partial charge in [0.05, 0.1) is 0 Å². The number of rotatable bonds is 4. The van der Waals surface area contributed by atoms with Gasteiger partial charge in [-0.2, -0.15) is 0 Å². The molecule has 1 fully saturated rings. The molecule has 0 bridgehead atoms. The predicted octanol–water partition coefficient (Wildman–Crippen LogP) is 0.559. The van der Waals surface area contributed by atoms with Gasteiger partial charge in [0.15, 0.2) is 0 Å². The number of anilines is 1. The first kappa shape index (κ1) is 9.45. The van der Waals surface area contributed by atoms with Crippen molar-refractivity contribution in [2.75, 3.05) is 18.5 Å². The van der Waals surface area contributed by atoms with Crippen molar-refractivity contribution in [3.63, 3.8) is 0 Å². The molecule has 0 unspecified atom stereocenters. The molecule has 0 radical (unpaired) electrons. The van der Waals surface area contributed by atoms with Crippen molar-refractivity contribution in [2.24, 2.45) is 5.73 Å².